The van der Waals surface area contributed by atoms with Crippen LogP contribution < -0.4 is 5.43 Å². The second-order valence-corrected chi connectivity index (χ2v) is 3.43. The van der Waals surface area contributed by atoms with E-state index >= 15 is 0 Å². The molecule has 4 heteroatoms. The van der Waals surface area contributed by atoms with Crippen molar-refractivity contribution in [3.63, 3.8) is 0 Å². The molecule has 0 bridgehead atoms. The van der Waals surface area contributed by atoms with E-state index in [1.54, 1.807) is 6.20 Å². The molecule has 0 fully saturated rings. The quantitative estimate of drug-likeness (QED) is 0.632. The summed E-state index contributed by atoms with van der Waals surface area (Å²) in [6.07, 6.45) is 1.71. The van der Waals surface area contributed by atoms with Crippen molar-refractivity contribution in [1.29, 1.82) is 0 Å². The summed E-state index contributed by atoms with van der Waals surface area (Å²) in [5, 5.41) is 4.19. The van der Waals surface area contributed by atoms with Gasteiger partial charge in [-0.25, -0.2) is 4.98 Å². The third-order valence-electron chi connectivity index (χ3n) is 2.10. The highest BCUT2D eigenvalue weighted by Crippen LogP contribution is 2.08. The molecule has 4 nitrogen and oxygen atoms in total. The first kappa shape index (κ1) is 10.4. The van der Waals surface area contributed by atoms with E-state index in [2.05, 4.69) is 15.5 Å². The number of anilines is 1. The number of hydrazone groups is 1. The van der Waals surface area contributed by atoms with Crippen LogP contribution in [-0.4, -0.2) is 10.7 Å². The van der Waals surface area contributed by atoms with Crippen LogP contribution in [0.1, 0.15) is 18.4 Å². The van der Waals surface area contributed by atoms with Crippen LogP contribution in [0.3, 0.4) is 0 Å². The number of furan rings is 1. The van der Waals surface area contributed by atoms with Crippen LogP contribution in [0.5, 0.6) is 0 Å². The summed E-state index contributed by atoms with van der Waals surface area (Å²) in [6, 6.07) is 9.42. The van der Waals surface area contributed by atoms with Crippen LogP contribution in [0, 0.1) is 6.92 Å². The predicted molar refractivity (Wildman–Crippen MR) is 63.5 cm³/mol. The van der Waals surface area contributed by atoms with E-state index in [0.717, 1.165) is 17.2 Å². The van der Waals surface area contributed by atoms with Crippen LogP contribution in [0.4, 0.5) is 5.82 Å². The van der Waals surface area contributed by atoms with E-state index < -0.39 is 0 Å². The van der Waals surface area contributed by atoms with Crippen molar-refractivity contribution >= 4 is 11.5 Å². The number of hydrogen-bond acceptors (Lipinski definition) is 4. The Hall–Kier alpha value is -2.10. The average Bonchev–Trinajstić information content (AvgIpc) is 2.74. The van der Waals surface area contributed by atoms with Crippen LogP contribution in [0.2, 0.25) is 0 Å². The highest BCUT2D eigenvalue weighted by molar-refractivity contribution is 5.96. The van der Waals surface area contributed by atoms with Crippen molar-refractivity contribution in [1.82, 2.24) is 4.98 Å². The molecule has 0 unspecified atom stereocenters. The fourth-order valence-electron chi connectivity index (χ4n) is 1.25. The molecule has 0 aliphatic carbocycles. The number of nitrogens with one attached hydrogen (secondary N) is 1. The standard InChI is InChI=1S/C12H13N3O/c1-9-6-7-11(16-9)10(2)14-15-12-5-3-4-8-13-12/h3-8H,1-2H3,(H,13,15)/b14-10+. The van der Waals surface area contributed by atoms with Gasteiger partial charge in [-0.3, -0.25) is 5.43 Å². The summed E-state index contributed by atoms with van der Waals surface area (Å²) in [5.74, 6) is 2.36. The van der Waals surface area contributed by atoms with Gasteiger partial charge in [-0.05, 0) is 38.1 Å². The first-order chi connectivity index (χ1) is 7.75. The lowest BCUT2D eigenvalue weighted by Gasteiger charge is -1.99. The molecule has 0 atom stereocenters. The van der Waals surface area contributed by atoms with Crippen molar-refractivity contribution < 1.29 is 4.42 Å². The van der Waals surface area contributed by atoms with E-state index in [1.165, 1.54) is 0 Å². The Morgan fingerprint density at radius 1 is 1.31 bits per heavy atom. The highest BCUT2D eigenvalue weighted by atomic mass is 16.3. The molecule has 1 N–H and O–H groups in total. The number of pyridine rings is 1. The average molecular weight is 215 g/mol. The number of hydrogen-bond donors (Lipinski definition) is 1. The van der Waals surface area contributed by atoms with Crippen LogP contribution in [0.25, 0.3) is 0 Å². The van der Waals surface area contributed by atoms with Gasteiger partial charge in [0.25, 0.3) is 0 Å². The molecule has 2 rings (SSSR count). The van der Waals surface area contributed by atoms with Gasteiger partial charge in [0, 0.05) is 6.20 Å². The highest BCUT2D eigenvalue weighted by Gasteiger charge is 2.01. The molecule has 0 saturated carbocycles. The third-order valence-corrected chi connectivity index (χ3v) is 2.10. The van der Waals surface area contributed by atoms with E-state index in [1.807, 2.05) is 44.2 Å². The molecule has 2 aromatic rings. The van der Waals surface area contributed by atoms with Gasteiger partial charge < -0.3 is 4.42 Å². The molecule has 0 spiro atoms. The summed E-state index contributed by atoms with van der Waals surface area (Å²) in [6.45, 7) is 3.79. The molecule has 16 heavy (non-hydrogen) atoms. The minimum Gasteiger partial charge on any atom is -0.460 e. The SMILES string of the molecule is C/C(=N\Nc1ccccn1)c1ccc(C)o1. The van der Waals surface area contributed by atoms with Gasteiger partial charge in [-0.15, -0.1) is 0 Å². The summed E-state index contributed by atoms with van der Waals surface area (Å²) < 4.78 is 5.44. The smallest absolute Gasteiger partial charge is 0.149 e. The summed E-state index contributed by atoms with van der Waals surface area (Å²) in [4.78, 5) is 4.10. The Bertz CT molecular complexity index is 488. The summed E-state index contributed by atoms with van der Waals surface area (Å²) in [7, 11) is 0. The molecule has 82 valence electrons. The minimum atomic E-state index is 0.713. The maximum absolute atomic E-state index is 5.44. The number of aryl methyl sites for hydroxylation is 1. The Morgan fingerprint density at radius 2 is 2.19 bits per heavy atom. The van der Waals surface area contributed by atoms with Gasteiger partial charge in [-0.1, -0.05) is 6.07 Å². The van der Waals surface area contributed by atoms with Gasteiger partial charge in [0.05, 0.1) is 0 Å². The number of aromatic nitrogens is 1. The van der Waals surface area contributed by atoms with Gasteiger partial charge in [0.1, 0.15) is 23.1 Å². The largest absolute Gasteiger partial charge is 0.460 e. The number of nitrogens with zero attached hydrogens (tertiary/aromatic N) is 2. The molecule has 0 aliphatic heterocycles. The van der Waals surface area contributed by atoms with Crippen molar-refractivity contribution in [3.05, 3.63) is 48.0 Å². The lowest BCUT2D eigenvalue weighted by Crippen LogP contribution is -1.99. The second-order valence-electron chi connectivity index (χ2n) is 3.43. The fourth-order valence-corrected chi connectivity index (χ4v) is 1.25. The van der Waals surface area contributed by atoms with Crippen molar-refractivity contribution in [2.45, 2.75) is 13.8 Å². The molecular weight excluding hydrogens is 202 g/mol. The maximum Gasteiger partial charge on any atom is 0.149 e. The zero-order valence-corrected chi connectivity index (χ0v) is 9.27. The van der Waals surface area contributed by atoms with Crippen LogP contribution >= 0.6 is 0 Å². The molecule has 0 aliphatic rings. The van der Waals surface area contributed by atoms with E-state index in [9.17, 15) is 0 Å². The van der Waals surface area contributed by atoms with Crippen LogP contribution in [0.15, 0.2) is 46.0 Å². The van der Waals surface area contributed by atoms with Crippen molar-refractivity contribution in [2.24, 2.45) is 5.10 Å². The van der Waals surface area contributed by atoms with Crippen molar-refractivity contribution in [2.75, 3.05) is 5.43 Å². The van der Waals surface area contributed by atoms with E-state index in [-0.39, 0.29) is 0 Å². The molecule has 0 amide bonds. The van der Waals surface area contributed by atoms with Crippen LogP contribution in [-0.2, 0) is 0 Å². The predicted octanol–water partition coefficient (Wildman–Crippen LogP) is 2.82. The molecule has 0 aromatic carbocycles. The zero-order valence-electron chi connectivity index (χ0n) is 9.27. The molecule has 2 heterocycles. The molecule has 2 aromatic heterocycles. The lowest BCUT2D eigenvalue weighted by molar-refractivity contribution is 0.525. The molecular formula is C12H13N3O. The molecule has 0 radical (unpaired) electrons. The first-order valence-electron chi connectivity index (χ1n) is 5.04. The normalized spacial score (nSPS) is 11.5. The first-order valence-corrected chi connectivity index (χ1v) is 5.04. The summed E-state index contributed by atoms with van der Waals surface area (Å²) >= 11 is 0. The second kappa shape index (κ2) is 4.61. The topological polar surface area (TPSA) is 50.4 Å². The molecule has 0 saturated heterocycles. The zero-order chi connectivity index (χ0) is 11.4. The van der Waals surface area contributed by atoms with E-state index in [0.29, 0.717) is 5.82 Å². The Kier molecular flexibility index (Phi) is 3.00. The lowest BCUT2D eigenvalue weighted by atomic mass is 10.3. The van der Waals surface area contributed by atoms with Gasteiger partial charge >= 0.3 is 0 Å². The Morgan fingerprint density at radius 3 is 2.81 bits per heavy atom. The minimum absolute atomic E-state index is 0.713. The maximum atomic E-state index is 5.44. The third kappa shape index (κ3) is 2.48. The van der Waals surface area contributed by atoms with Gasteiger partial charge in [0.15, 0.2) is 0 Å². The van der Waals surface area contributed by atoms with Crippen molar-refractivity contribution in [3.8, 4) is 0 Å². The monoisotopic (exact) mass is 215 g/mol. The van der Waals surface area contributed by atoms with Gasteiger partial charge in [0.2, 0.25) is 0 Å². The number of rotatable bonds is 3. The summed E-state index contributed by atoms with van der Waals surface area (Å²) in [5.41, 5.74) is 3.66. The van der Waals surface area contributed by atoms with E-state index in [4.69, 9.17) is 4.42 Å². The fraction of sp³-hybridized carbons (Fsp3) is 0.167. The Labute approximate surface area is 94.0 Å². The van der Waals surface area contributed by atoms with Gasteiger partial charge in [-0.2, -0.15) is 5.10 Å². The Balaban J connectivity index is 2.08.